The molecule has 2 atom stereocenters. The first-order chi connectivity index (χ1) is 9.31. The van der Waals surface area contributed by atoms with E-state index < -0.39 is 0 Å². The molecule has 1 aromatic carbocycles. The van der Waals surface area contributed by atoms with Crippen molar-refractivity contribution in [3.63, 3.8) is 0 Å². The quantitative estimate of drug-likeness (QED) is 0.841. The first kappa shape index (κ1) is 17.3. The minimum atomic E-state index is 0. The second-order valence-electron chi connectivity index (χ2n) is 5.70. The van der Waals surface area contributed by atoms with Crippen LogP contribution in [-0.4, -0.2) is 19.7 Å². The molecule has 114 valence electrons. The van der Waals surface area contributed by atoms with Crippen molar-refractivity contribution in [2.24, 2.45) is 5.92 Å². The second kappa shape index (κ2) is 9.25. The van der Waals surface area contributed by atoms with E-state index in [4.69, 9.17) is 4.74 Å². The van der Waals surface area contributed by atoms with Crippen molar-refractivity contribution in [3.8, 4) is 5.75 Å². The smallest absolute Gasteiger partial charge is 0.122 e. The number of ether oxygens (including phenoxy) is 1. The van der Waals surface area contributed by atoms with Crippen LogP contribution in [0, 0.1) is 5.92 Å². The normalized spacial score (nSPS) is 20.0. The van der Waals surface area contributed by atoms with Crippen molar-refractivity contribution in [2.75, 3.05) is 19.7 Å². The van der Waals surface area contributed by atoms with Gasteiger partial charge < -0.3 is 10.1 Å². The minimum Gasteiger partial charge on any atom is -0.493 e. The van der Waals surface area contributed by atoms with E-state index in [0.717, 1.165) is 31.2 Å². The number of hydrogen-bond acceptors (Lipinski definition) is 2. The van der Waals surface area contributed by atoms with Crippen LogP contribution in [0.5, 0.6) is 5.75 Å². The molecule has 0 spiro atoms. The zero-order valence-corrected chi connectivity index (χ0v) is 13.5. The third-order valence-corrected chi connectivity index (χ3v) is 4.24. The highest BCUT2D eigenvalue weighted by Gasteiger charge is 2.14. The zero-order valence-electron chi connectivity index (χ0n) is 12.7. The van der Waals surface area contributed by atoms with Crippen molar-refractivity contribution in [1.82, 2.24) is 5.32 Å². The maximum atomic E-state index is 6.04. The van der Waals surface area contributed by atoms with Gasteiger partial charge in [-0.3, -0.25) is 0 Å². The number of hydrogen-bond donors (Lipinski definition) is 1. The van der Waals surface area contributed by atoms with Crippen molar-refractivity contribution in [2.45, 2.75) is 45.4 Å². The summed E-state index contributed by atoms with van der Waals surface area (Å²) in [5.41, 5.74) is 1.35. The molecule has 2 nitrogen and oxygen atoms in total. The van der Waals surface area contributed by atoms with E-state index in [1.165, 1.54) is 31.4 Å². The summed E-state index contributed by atoms with van der Waals surface area (Å²) in [4.78, 5) is 0. The molecule has 0 saturated carbocycles. The Bertz CT molecular complexity index is 377. The molecular weight excluding hydrogens is 270 g/mol. The molecule has 1 heterocycles. The molecule has 1 saturated heterocycles. The lowest BCUT2D eigenvalue weighted by Gasteiger charge is -2.23. The van der Waals surface area contributed by atoms with Gasteiger partial charge in [0, 0.05) is 0 Å². The predicted octanol–water partition coefficient (Wildman–Crippen LogP) is 4.39. The molecule has 20 heavy (non-hydrogen) atoms. The van der Waals surface area contributed by atoms with Crippen LogP contribution in [0.4, 0.5) is 0 Å². The Morgan fingerprint density at radius 3 is 2.85 bits per heavy atom. The van der Waals surface area contributed by atoms with Crippen LogP contribution in [0.3, 0.4) is 0 Å². The van der Waals surface area contributed by atoms with Gasteiger partial charge in [0.05, 0.1) is 6.61 Å². The Morgan fingerprint density at radius 1 is 1.35 bits per heavy atom. The molecule has 0 radical (unpaired) electrons. The molecular formula is C17H28ClNO. The predicted molar refractivity (Wildman–Crippen MR) is 88.1 cm³/mol. The fourth-order valence-electron chi connectivity index (χ4n) is 2.74. The van der Waals surface area contributed by atoms with Crippen LogP contribution in [0.25, 0.3) is 0 Å². The van der Waals surface area contributed by atoms with E-state index in [1.54, 1.807) is 0 Å². The molecule has 1 aliphatic rings. The largest absolute Gasteiger partial charge is 0.493 e. The average molecular weight is 298 g/mol. The molecule has 1 aromatic rings. The molecule has 0 aromatic heterocycles. The molecule has 1 N–H and O–H groups in total. The van der Waals surface area contributed by atoms with Crippen LogP contribution in [0.15, 0.2) is 24.3 Å². The van der Waals surface area contributed by atoms with Gasteiger partial charge in [-0.15, -0.1) is 12.4 Å². The summed E-state index contributed by atoms with van der Waals surface area (Å²) < 4.78 is 6.04. The van der Waals surface area contributed by atoms with Crippen LogP contribution in [-0.2, 0) is 0 Å². The van der Waals surface area contributed by atoms with Gasteiger partial charge in [-0.05, 0) is 62.2 Å². The SMILES string of the molecule is CCC(C)c1ccccc1OCCC1CCCNC1.Cl. The summed E-state index contributed by atoms with van der Waals surface area (Å²) in [6.45, 7) is 7.70. The van der Waals surface area contributed by atoms with Gasteiger partial charge in [0.15, 0.2) is 0 Å². The van der Waals surface area contributed by atoms with Crippen molar-refractivity contribution >= 4 is 12.4 Å². The lowest BCUT2D eigenvalue weighted by molar-refractivity contribution is 0.251. The second-order valence-corrected chi connectivity index (χ2v) is 5.70. The first-order valence-electron chi connectivity index (χ1n) is 7.73. The van der Waals surface area contributed by atoms with E-state index >= 15 is 0 Å². The summed E-state index contributed by atoms with van der Waals surface area (Å²) in [7, 11) is 0. The Balaban J connectivity index is 0.00000200. The summed E-state index contributed by atoms with van der Waals surface area (Å²) in [5, 5.41) is 3.47. The Morgan fingerprint density at radius 2 is 2.15 bits per heavy atom. The number of halogens is 1. The van der Waals surface area contributed by atoms with Crippen LogP contribution in [0.2, 0.25) is 0 Å². The van der Waals surface area contributed by atoms with Crippen molar-refractivity contribution in [1.29, 1.82) is 0 Å². The summed E-state index contributed by atoms with van der Waals surface area (Å²) >= 11 is 0. The average Bonchev–Trinajstić information content (AvgIpc) is 2.48. The van der Waals surface area contributed by atoms with Gasteiger partial charge >= 0.3 is 0 Å². The van der Waals surface area contributed by atoms with E-state index in [1.807, 2.05) is 0 Å². The molecule has 2 unspecified atom stereocenters. The van der Waals surface area contributed by atoms with Crippen LogP contribution >= 0.6 is 12.4 Å². The fourth-order valence-corrected chi connectivity index (χ4v) is 2.74. The number of rotatable bonds is 6. The van der Waals surface area contributed by atoms with E-state index in [9.17, 15) is 0 Å². The number of benzene rings is 1. The summed E-state index contributed by atoms with van der Waals surface area (Å²) in [6, 6.07) is 8.50. The standard InChI is InChI=1S/C17H27NO.ClH/c1-3-14(2)16-8-4-5-9-17(16)19-12-10-15-7-6-11-18-13-15;/h4-5,8-9,14-15,18H,3,6-7,10-13H2,1-2H3;1H. The maximum Gasteiger partial charge on any atom is 0.122 e. The highest BCUT2D eigenvalue weighted by Crippen LogP contribution is 2.28. The number of nitrogens with one attached hydrogen (secondary N) is 1. The highest BCUT2D eigenvalue weighted by molar-refractivity contribution is 5.85. The monoisotopic (exact) mass is 297 g/mol. The third-order valence-electron chi connectivity index (χ3n) is 4.24. The third kappa shape index (κ3) is 4.99. The van der Waals surface area contributed by atoms with E-state index in [0.29, 0.717) is 5.92 Å². The fraction of sp³-hybridized carbons (Fsp3) is 0.647. The molecule has 1 fully saturated rings. The topological polar surface area (TPSA) is 21.3 Å². The Hall–Kier alpha value is -0.730. The molecule has 0 aliphatic carbocycles. The minimum absolute atomic E-state index is 0. The molecule has 2 rings (SSSR count). The summed E-state index contributed by atoms with van der Waals surface area (Å²) in [6.07, 6.45) is 4.99. The lowest BCUT2D eigenvalue weighted by atomic mass is 9.96. The van der Waals surface area contributed by atoms with Crippen molar-refractivity contribution < 1.29 is 4.74 Å². The molecule has 3 heteroatoms. The number of piperidine rings is 1. The molecule has 0 amide bonds. The van der Waals surface area contributed by atoms with Gasteiger partial charge in [-0.25, -0.2) is 0 Å². The van der Waals surface area contributed by atoms with Crippen molar-refractivity contribution in [3.05, 3.63) is 29.8 Å². The zero-order chi connectivity index (χ0) is 13.5. The van der Waals surface area contributed by atoms with Crippen LogP contribution < -0.4 is 10.1 Å². The van der Waals surface area contributed by atoms with Gasteiger partial charge in [-0.1, -0.05) is 32.0 Å². The van der Waals surface area contributed by atoms with Gasteiger partial charge in [0.2, 0.25) is 0 Å². The Labute approximate surface area is 129 Å². The van der Waals surface area contributed by atoms with Crippen LogP contribution in [0.1, 0.15) is 51.0 Å². The van der Waals surface area contributed by atoms with Gasteiger partial charge in [0.25, 0.3) is 0 Å². The first-order valence-corrected chi connectivity index (χ1v) is 7.73. The maximum absolute atomic E-state index is 6.04. The van der Waals surface area contributed by atoms with Gasteiger partial charge in [0.1, 0.15) is 5.75 Å². The molecule has 0 bridgehead atoms. The number of para-hydroxylation sites is 1. The molecule has 1 aliphatic heterocycles. The van der Waals surface area contributed by atoms with E-state index in [-0.39, 0.29) is 12.4 Å². The highest BCUT2D eigenvalue weighted by atomic mass is 35.5. The van der Waals surface area contributed by atoms with Gasteiger partial charge in [-0.2, -0.15) is 0 Å². The lowest BCUT2D eigenvalue weighted by Crippen LogP contribution is -2.30. The Kier molecular flexibility index (Phi) is 8.01. The summed E-state index contributed by atoms with van der Waals surface area (Å²) in [5.74, 6) is 2.46. The van der Waals surface area contributed by atoms with E-state index in [2.05, 4.69) is 43.4 Å².